The molecule has 4 aromatic carbocycles. The third kappa shape index (κ3) is 6.09. The summed E-state index contributed by atoms with van der Waals surface area (Å²) in [5.41, 5.74) is 5.10. The average molecular weight is 572 g/mol. The summed E-state index contributed by atoms with van der Waals surface area (Å²) in [6.07, 6.45) is 7.03. The summed E-state index contributed by atoms with van der Waals surface area (Å²) in [5, 5.41) is 8.31. The molecule has 1 aliphatic rings. The Labute approximate surface area is 248 Å². The van der Waals surface area contributed by atoms with Crippen LogP contribution in [0.2, 0.25) is 5.02 Å². The number of anilines is 1. The highest BCUT2D eigenvalue weighted by atomic mass is 35.5. The lowest BCUT2D eigenvalue weighted by molar-refractivity contribution is 0.0943. The van der Waals surface area contributed by atoms with Crippen molar-refractivity contribution in [3.8, 4) is 5.75 Å². The lowest BCUT2D eigenvalue weighted by Gasteiger charge is -2.16. The number of carbonyl (C=O) groups excluding carboxylic acids is 2. The third-order valence-corrected chi connectivity index (χ3v) is 7.12. The Bertz CT molecular complexity index is 1810. The number of fused-ring (bicyclic) bond motifs is 1. The van der Waals surface area contributed by atoms with Gasteiger partial charge in [-0.3, -0.25) is 9.59 Å². The number of allylic oxidation sites excluding steroid dienone is 1. The molecule has 0 unspecified atom stereocenters. The molecule has 1 N–H and O–H groups in total. The van der Waals surface area contributed by atoms with Crippen molar-refractivity contribution in [2.75, 3.05) is 5.32 Å². The van der Waals surface area contributed by atoms with E-state index >= 15 is 0 Å². The van der Waals surface area contributed by atoms with E-state index in [1.807, 2.05) is 97.1 Å². The topological polar surface area (TPSA) is 73.2 Å². The van der Waals surface area contributed by atoms with Crippen LogP contribution in [-0.2, 0) is 6.42 Å². The van der Waals surface area contributed by atoms with Gasteiger partial charge in [0.05, 0.1) is 11.4 Å². The van der Waals surface area contributed by atoms with Gasteiger partial charge in [0, 0.05) is 46.0 Å². The average Bonchev–Trinajstić information content (AvgIpc) is 3.39. The maximum atomic E-state index is 13.5. The van der Waals surface area contributed by atoms with Crippen LogP contribution in [0.5, 0.6) is 5.75 Å². The summed E-state index contributed by atoms with van der Waals surface area (Å²) < 4.78 is 7.71. The molecule has 1 aromatic heterocycles. The van der Waals surface area contributed by atoms with E-state index in [1.165, 1.54) is 4.68 Å². The van der Waals surface area contributed by atoms with Gasteiger partial charge < -0.3 is 10.1 Å². The standard InChI is InChI=1S/C35H26ClN3O3/c36-27-17-14-24(15-18-27)16-21-32-31-20-19-30(23-33(31)39(38-32)35(41)26-10-5-2-6-11-26)42-29-13-7-12-28(22-29)37-34(40)25-8-3-1-4-9-25/h1-18,21-23H,19-20H2,(H,37,40). The quantitative estimate of drug-likeness (QED) is 0.215. The number of nitrogens with zero attached hydrogens (tertiary/aromatic N) is 2. The van der Waals surface area contributed by atoms with Crippen LogP contribution >= 0.6 is 11.6 Å². The minimum atomic E-state index is -0.221. The molecule has 0 atom stereocenters. The molecule has 0 aliphatic heterocycles. The Morgan fingerprint density at radius 1 is 0.810 bits per heavy atom. The molecule has 0 fully saturated rings. The van der Waals surface area contributed by atoms with Gasteiger partial charge in [0.1, 0.15) is 11.5 Å². The predicted octanol–water partition coefficient (Wildman–Crippen LogP) is 8.01. The van der Waals surface area contributed by atoms with Crippen molar-refractivity contribution in [2.24, 2.45) is 0 Å². The second-order valence-electron chi connectivity index (χ2n) is 9.78. The number of nitrogens with one attached hydrogen (secondary N) is 1. The van der Waals surface area contributed by atoms with Crippen LogP contribution in [0.1, 0.15) is 49.7 Å². The van der Waals surface area contributed by atoms with E-state index in [9.17, 15) is 9.59 Å². The van der Waals surface area contributed by atoms with Crippen LogP contribution in [0.4, 0.5) is 5.69 Å². The van der Waals surface area contributed by atoms with Gasteiger partial charge in [-0.15, -0.1) is 0 Å². The van der Waals surface area contributed by atoms with Crippen LogP contribution in [0.25, 0.3) is 18.2 Å². The third-order valence-electron chi connectivity index (χ3n) is 6.87. The molecule has 42 heavy (non-hydrogen) atoms. The first-order valence-electron chi connectivity index (χ1n) is 13.5. The molecule has 0 bridgehead atoms. The van der Waals surface area contributed by atoms with Crippen LogP contribution < -0.4 is 10.1 Å². The summed E-state index contributed by atoms with van der Waals surface area (Å²) in [5.74, 6) is 0.862. The summed E-state index contributed by atoms with van der Waals surface area (Å²) in [4.78, 5) is 26.1. The molecule has 1 heterocycles. The molecule has 206 valence electrons. The number of aromatic nitrogens is 2. The first kappa shape index (κ1) is 27.0. The zero-order chi connectivity index (χ0) is 28.9. The Kier molecular flexibility index (Phi) is 7.79. The Balaban J connectivity index is 1.29. The smallest absolute Gasteiger partial charge is 0.278 e. The molecule has 1 aliphatic carbocycles. The van der Waals surface area contributed by atoms with Crippen molar-refractivity contribution in [2.45, 2.75) is 12.8 Å². The summed E-state index contributed by atoms with van der Waals surface area (Å²) in [6.45, 7) is 0. The number of hydrogen-bond acceptors (Lipinski definition) is 4. The van der Waals surface area contributed by atoms with Crippen molar-refractivity contribution in [1.82, 2.24) is 9.78 Å². The molecular weight excluding hydrogens is 546 g/mol. The lowest BCUT2D eigenvalue weighted by atomic mass is 9.99. The number of ether oxygens (including phenoxy) is 1. The fraction of sp³-hybridized carbons (Fsp3) is 0.0571. The number of carbonyl (C=O) groups is 2. The number of hydrogen-bond donors (Lipinski definition) is 1. The molecule has 5 aromatic rings. The van der Waals surface area contributed by atoms with Gasteiger partial charge in [-0.1, -0.05) is 72.3 Å². The van der Waals surface area contributed by atoms with Gasteiger partial charge >= 0.3 is 0 Å². The number of benzene rings is 4. The molecule has 6 rings (SSSR count). The fourth-order valence-electron chi connectivity index (χ4n) is 4.76. The van der Waals surface area contributed by atoms with E-state index in [4.69, 9.17) is 21.4 Å². The zero-order valence-electron chi connectivity index (χ0n) is 22.5. The lowest BCUT2D eigenvalue weighted by Crippen LogP contribution is -2.17. The second-order valence-corrected chi connectivity index (χ2v) is 10.2. The van der Waals surface area contributed by atoms with Crippen LogP contribution in [0.15, 0.2) is 115 Å². The normalized spacial score (nSPS) is 12.5. The molecule has 0 radical (unpaired) electrons. The van der Waals surface area contributed by atoms with Gasteiger partial charge in [0.25, 0.3) is 11.8 Å². The summed E-state index contributed by atoms with van der Waals surface area (Å²) in [7, 11) is 0. The Hall–Kier alpha value is -5.20. The second kappa shape index (κ2) is 12.1. The molecule has 0 spiro atoms. The van der Waals surface area contributed by atoms with Crippen molar-refractivity contribution in [3.05, 3.63) is 154 Å². The van der Waals surface area contributed by atoms with Crippen molar-refractivity contribution in [1.29, 1.82) is 0 Å². The van der Waals surface area contributed by atoms with Gasteiger partial charge in [-0.25, -0.2) is 0 Å². The highest BCUT2D eigenvalue weighted by molar-refractivity contribution is 6.30. The summed E-state index contributed by atoms with van der Waals surface area (Å²) in [6, 6.07) is 32.9. The molecule has 1 amide bonds. The van der Waals surface area contributed by atoms with Gasteiger partial charge in [-0.2, -0.15) is 9.78 Å². The van der Waals surface area contributed by atoms with E-state index in [0.717, 1.165) is 16.8 Å². The molecular formula is C35H26ClN3O3. The van der Waals surface area contributed by atoms with Crippen molar-refractivity contribution < 1.29 is 14.3 Å². The van der Waals surface area contributed by atoms with Gasteiger partial charge in [0.15, 0.2) is 0 Å². The van der Waals surface area contributed by atoms with Crippen molar-refractivity contribution >= 4 is 47.3 Å². The number of rotatable bonds is 7. The highest BCUT2D eigenvalue weighted by Gasteiger charge is 2.24. The molecule has 0 saturated heterocycles. The van der Waals surface area contributed by atoms with Gasteiger partial charge in [-0.05, 0) is 66.6 Å². The van der Waals surface area contributed by atoms with Crippen LogP contribution in [0.3, 0.4) is 0 Å². The Morgan fingerprint density at radius 2 is 1.52 bits per heavy atom. The van der Waals surface area contributed by atoms with Crippen LogP contribution in [-0.4, -0.2) is 21.6 Å². The molecule has 7 heteroatoms. The van der Waals surface area contributed by atoms with E-state index < -0.39 is 0 Å². The maximum absolute atomic E-state index is 13.5. The number of amides is 1. The highest BCUT2D eigenvalue weighted by Crippen LogP contribution is 2.31. The summed E-state index contributed by atoms with van der Waals surface area (Å²) >= 11 is 6.03. The van der Waals surface area contributed by atoms with E-state index in [2.05, 4.69) is 5.32 Å². The molecule has 0 saturated carbocycles. The largest absolute Gasteiger partial charge is 0.462 e. The minimum absolute atomic E-state index is 0.197. The SMILES string of the molecule is O=C(Nc1cccc(OC2=Cc3c(c(C=Cc4ccc(Cl)cc4)nn3C(=O)c3ccccc3)CC2)c1)c1ccccc1. The zero-order valence-corrected chi connectivity index (χ0v) is 23.3. The van der Waals surface area contributed by atoms with E-state index in [0.29, 0.717) is 51.9 Å². The minimum Gasteiger partial charge on any atom is -0.462 e. The van der Waals surface area contributed by atoms with Crippen molar-refractivity contribution in [3.63, 3.8) is 0 Å². The maximum Gasteiger partial charge on any atom is 0.278 e. The van der Waals surface area contributed by atoms with E-state index in [1.54, 1.807) is 30.3 Å². The van der Waals surface area contributed by atoms with E-state index in [-0.39, 0.29) is 11.8 Å². The monoisotopic (exact) mass is 571 g/mol. The predicted molar refractivity (Wildman–Crippen MR) is 167 cm³/mol. The van der Waals surface area contributed by atoms with Crippen LogP contribution in [0, 0.1) is 0 Å². The Morgan fingerprint density at radius 3 is 2.26 bits per heavy atom. The number of halogens is 1. The first-order chi connectivity index (χ1) is 20.5. The van der Waals surface area contributed by atoms with Gasteiger partial charge in [0.2, 0.25) is 0 Å². The first-order valence-corrected chi connectivity index (χ1v) is 13.9. The fourth-order valence-corrected chi connectivity index (χ4v) is 4.89. The molecule has 6 nitrogen and oxygen atoms in total.